The topological polar surface area (TPSA) is 32.9 Å². The molecule has 0 bridgehead atoms. The van der Waals surface area contributed by atoms with Crippen molar-refractivity contribution in [1.29, 1.82) is 0 Å². The molecule has 0 saturated carbocycles. The van der Waals surface area contributed by atoms with Crippen LogP contribution in [0.5, 0.6) is 0 Å². The van der Waals surface area contributed by atoms with Crippen molar-refractivity contribution in [2.24, 2.45) is 0 Å². The maximum absolute atomic E-state index is 11.9. The lowest BCUT2D eigenvalue weighted by atomic mass is 10.1. The van der Waals surface area contributed by atoms with Crippen LogP contribution in [0.25, 0.3) is 0 Å². The molecule has 0 spiro atoms. The van der Waals surface area contributed by atoms with Crippen LogP contribution in [0.1, 0.15) is 15.9 Å². The van der Waals surface area contributed by atoms with E-state index in [0.717, 1.165) is 10.6 Å². The van der Waals surface area contributed by atoms with E-state index in [1.54, 1.807) is 18.0 Å². The highest BCUT2D eigenvalue weighted by Crippen LogP contribution is 2.16. The van der Waals surface area contributed by atoms with Crippen LogP contribution in [-0.4, -0.2) is 17.0 Å². The second-order valence-corrected chi connectivity index (χ2v) is 4.00. The van der Waals surface area contributed by atoms with E-state index in [4.69, 9.17) is 0 Å². The minimum Gasteiger partial charge on any atom is -0.356 e. The van der Waals surface area contributed by atoms with Crippen LogP contribution in [0.4, 0.5) is 0 Å². The summed E-state index contributed by atoms with van der Waals surface area (Å²) in [6, 6.07) is 11.2. The Balaban J connectivity index is 2.29. The fourth-order valence-electron chi connectivity index (χ4n) is 1.38. The van der Waals surface area contributed by atoms with Gasteiger partial charge in [-0.3, -0.25) is 4.79 Å². The van der Waals surface area contributed by atoms with E-state index in [1.807, 2.05) is 42.7 Å². The molecule has 15 heavy (non-hydrogen) atoms. The molecule has 1 N–H and O–H groups in total. The molecule has 0 radical (unpaired) electrons. The van der Waals surface area contributed by atoms with Crippen molar-refractivity contribution < 1.29 is 4.79 Å². The third-order valence-electron chi connectivity index (χ3n) is 2.17. The monoisotopic (exact) mass is 217 g/mol. The molecule has 0 aliphatic rings. The van der Waals surface area contributed by atoms with Gasteiger partial charge in [-0.05, 0) is 12.3 Å². The standard InChI is InChI=1S/C12H11NOS/c1-15-11-7-10(8-13-11)12(14)9-5-3-2-4-6-9/h2-8,13H,1H3. The number of aromatic nitrogens is 1. The van der Waals surface area contributed by atoms with Crippen molar-refractivity contribution in [3.8, 4) is 0 Å². The van der Waals surface area contributed by atoms with Gasteiger partial charge in [-0.25, -0.2) is 0 Å². The van der Waals surface area contributed by atoms with Crippen LogP contribution in [-0.2, 0) is 0 Å². The molecule has 0 aliphatic carbocycles. The molecule has 1 aromatic carbocycles. The summed E-state index contributed by atoms with van der Waals surface area (Å²) in [4.78, 5) is 15.0. The molecule has 0 atom stereocenters. The molecule has 3 heteroatoms. The number of thioether (sulfide) groups is 1. The van der Waals surface area contributed by atoms with Crippen molar-refractivity contribution in [2.75, 3.05) is 6.26 Å². The van der Waals surface area contributed by atoms with Crippen LogP contribution in [0.2, 0.25) is 0 Å². The largest absolute Gasteiger partial charge is 0.356 e. The first kappa shape index (κ1) is 10.1. The summed E-state index contributed by atoms with van der Waals surface area (Å²) in [6.07, 6.45) is 3.73. The molecule has 2 nitrogen and oxygen atoms in total. The first-order valence-corrected chi connectivity index (χ1v) is 5.86. The molecule has 2 rings (SSSR count). The average Bonchev–Trinajstić information content (AvgIpc) is 2.78. The number of benzene rings is 1. The number of hydrogen-bond donors (Lipinski definition) is 1. The van der Waals surface area contributed by atoms with Crippen LogP contribution in [0.3, 0.4) is 0 Å². The number of ketones is 1. The van der Waals surface area contributed by atoms with E-state index in [0.29, 0.717) is 5.56 Å². The van der Waals surface area contributed by atoms with Gasteiger partial charge in [0.05, 0.1) is 5.03 Å². The number of carbonyl (C=O) groups excluding carboxylic acids is 1. The smallest absolute Gasteiger partial charge is 0.194 e. The van der Waals surface area contributed by atoms with E-state index in [9.17, 15) is 4.79 Å². The summed E-state index contributed by atoms with van der Waals surface area (Å²) in [5.41, 5.74) is 1.44. The molecular formula is C12H11NOS. The Labute approximate surface area is 92.7 Å². The van der Waals surface area contributed by atoms with Crippen molar-refractivity contribution in [2.45, 2.75) is 5.03 Å². The molecule has 0 aliphatic heterocycles. The van der Waals surface area contributed by atoms with Gasteiger partial charge in [0.25, 0.3) is 0 Å². The maximum atomic E-state index is 11.9. The zero-order valence-electron chi connectivity index (χ0n) is 8.36. The van der Waals surface area contributed by atoms with E-state index < -0.39 is 0 Å². The van der Waals surface area contributed by atoms with Gasteiger partial charge in [0.2, 0.25) is 0 Å². The van der Waals surface area contributed by atoms with Crippen LogP contribution < -0.4 is 0 Å². The van der Waals surface area contributed by atoms with Crippen molar-refractivity contribution >= 4 is 17.5 Å². The normalized spacial score (nSPS) is 10.2. The zero-order chi connectivity index (χ0) is 10.7. The van der Waals surface area contributed by atoms with Gasteiger partial charge in [0.15, 0.2) is 5.78 Å². The molecular weight excluding hydrogens is 206 g/mol. The summed E-state index contributed by atoms with van der Waals surface area (Å²) in [5.74, 6) is 0.0622. The predicted octanol–water partition coefficient (Wildman–Crippen LogP) is 2.97. The van der Waals surface area contributed by atoms with Gasteiger partial charge in [-0.15, -0.1) is 11.8 Å². The molecule has 2 aromatic rings. The minimum atomic E-state index is 0.0622. The Morgan fingerprint density at radius 2 is 1.93 bits per heavy atom. The number of nitrogens with one attached hydrogen (secondary N) is 1. The number of aromatic amines is 1. The minimum absolute atomic E-state index is 0.0622. The highest BCUT2D eigenvalue weighted by molar-refractivity contribution is 7.98. The molecule has 76 valence electrons. The molecule has 0 saturated heterocycles. The van der Waals surface area contributed by atoms with Gasteiger partial charge in [-0.1, -0.05) is 30.3 Å². The summed E-state index contributed by atoms with van der Waals surface area (Å²) in [6.45, 7) is 0. The van der Waals surface area contributed by atoms with Crippen LogP contribution in [0, 0.1) is 0 Å². The predicted molar refractivity (Wildman–Crippen MR) is 62.4 cm³/mol. The van der Waals surface area contributed by atoms with Crippen molar-refractivity contribution in [1.82, 2.24) is 4.98 Å². The fourth-order valence-corrected chi connectivity index (χ4v) is 1.80. The van der Waals surface area contributed by atoms with Gasteiger partial charge < -0.3 is 4.98 Å². The molecule has 1 aromatic heterocycles. The molecule has 1 heterocycles. The summed E-state index contributed by atoms with van der Waals surface area (Å²) in [5, 5.41) is 1.01. The molecule has 0 fully saturated rings. The van der Waals surface area contributed by atoms with Gasteiger partial charge in [0, 0.05) is 17.3 Å². The van der Waals surface area contributed by atoms with E-state index in [-0.39, 0.29) is 5.78 Å². The third kappa shape index (κ3) is 2.13. The lowest BCUT2D eigenvalue weighted by Crippen LogP contribution is -1.98. The molecule has 0 amide bonds. The maximum Gasteiger partial charge on any atom is 0.194 e. The Morgan fingerprint density at radius 3 is 2.53 bits per heavy atom. The summed E-state index contributed by atoms with van der Waals surface area (Å²) in [7, 11) is 0. The number of carbonyl (C=O) groups is 1. The summed E-state index contributed by atoms with van der Waals surface area (Å²) < 4.78 is 0. The van der Waals surface area contributed by atoms with Gasteiger partial charge >= 0.3 is 0 Å². The third-order valence-corrected chi connectivity index (χ3v) is 2.85. The fraction of sp³-hybridized carbons (Fsp3) is 0.0833. The SMILES string of the molecule is CSc1cc(C(=O)c2ccccc2)c[nH]1. The van der Waals surface area contributed by atoms with Crippen LogP contribution in [0.15, 0.2) is 47.6 Å². The number of hydrogen-bond acceptors (Lipinski definition) is 2. The van der Waals surface area contributed by atoms with Gasteiger partial charge in [0.1, 0.15) is 0 Å². The quantitative estimate of drug-likeness (QED) is 0.633. The highest BCUT2D eigenvalue weighted by Gasteiger charge is 2.09. The Hall–Kier alpha value is -1.48. The van der Waals surface area contributed by atoms with Gasteiger partial charge in [-0.2, -0.15) is 0 Å². The second-order valence-electron chi connectivity index (χ2n) is 3.15. The van der Waals surface area contributed by atoms with E-state index >= 15 is 0 Å². The lowest BCUT2D eigenvalue weighted by Gasteiger charge is -1.96. The van der Waals surface area contributed by atoms with Crippen LogP contribution >= 0.6 is 11.8 Å². The zero-order valence-corrected chi connectivity index (χ0v) is 9.17. The van der Waals surface area contributed by atoms with Crippen molar-refractivity contribution in [3.05, 3.63) is 53.7 Å². The Kier molecular flexibility index (Phi) is 2.92. The number of rotatable bonds is 3. The molecule has 0 unspecified atom stereocenters. The Morgan fingerprint density at radius 1 is 1.20 bits per heavy atom. The first-order valence-electron chi connectivity index (χ1n) is 4.63. The average molecular weight is 217 g/mol. The summed E-state index contributed by atoms with van der Waals surface area (Å²) >= 11 is 1.59. The van der Waals surface area contributed by atoms with E-state index in [2.05, 4.69) is 4.98 Å². The number of H-pyrrole nitrogens is 1. The second kappa shape index (κ2) is 4.36. The lowest BCUT2D eigenvalue weighted by molar-refractivity contribution is 0.103. The van der Waals surface area contributed by atoms with Crippen molar-refractivity contribution in [3.63, 3.8) is 0 Å². The highest BCUT2D eigenvalue weighted by atomic mass is 32.2. The first-order chi connectivity index (χ1) is 7.31. The van der Waals surface area contributed by atoms with E-state index in [1.165, 1.54) is 0 Å². The Bertz CT molecular complexity index is 461.